The topological polar surface area (TPSA) is 65.4 Å². The van der Waals surface area contributed by atoms with Crippen molar-refractivity contribution in [2.75, 3.05) is 25.5 Å². The predicted octanol–water partition coefficient (Wildman–Crippen LogP) is 4.96. The molecule has 1 saturated heterocycles. The summed E-state index contributed by atoms with van der Waals surface area (Å²) in [5.74, 6) is 0.867. The van der Waals surface area contributed by atoms with E-state index in [2.05, 4.69) is 29.6 Å². The normalized spacial score (nSPS) is 14.9. The van der Waals surface area contributed by atoms with Gasteiger partial charge < -0.3 is 15.0 Å². The van der Waals surface area contributed by atoms with Crippen molar-refractivity contribution in [2.45, 2.75) is 26.2 Å². The smallest absolute Gasteiger partial charge is 0.266 e. The van der Waals surface area contributed by atoms with E-state index in [1.54, 1.807) is 18.1 Å². The first kappa shape index (κ1) is 21.7. The van der Waals surface area contributed by atoms with E-state index in [1.165, 1.54) is 11.8 Å². The Balaban J connectivity index is 1.61. The van der Waals surface area contributed by atoms with Gasteiger partial charge in [0.05, 0.1) is 12.8 Å². The quantitative estimate of drug-likeness (QED) is 0.527. The molecular weight excluding hydrogens is 398 g/mol. The van der Waals surface area contributed by atoms with Gasteiger partial charge in [0.15, 0.2) is 0 Å². The van der Waals surface area contributed by atoms with E-state index in [-0.39, 0.29) is 11.5 Å². The van der Waals surface area contributed by atoms with Crippen molar-refractivity contribution in [1.29, 1.82) is 5.26 Å². The Hall–Kier alpha value is -2.97. The highest BCUT2D eigenvalue weighted by Crippen LogP contribution is 2.31. The number of aryl methyl sites for hydroxylation is 1. The number of anilines is 1. The molecule has 1 amide bonds. The third-order valence-electron chi connectivity index (χ3n) is 5.47. The van der Waals surface area contributed by atoms with E-state index >= 15 is 0 Å². The summed E-state index contributed by atoms with van der Waals surface area (Å²) in [4.78, 5) is 14.6. The third-order valence-corrected chi connectivity index (χ3v) is 5.88. The summed E-state index contributed by atoms with van der Waals surface area (Å²) in [5.41, 5.74) is 2.93. The Bertz CT molecular complexity index is 958. The van der Waals surface area contributed by atoms with Crippen LogP contribution in [0.3, 0.4) is 0 Å². The Kier molecular flexibility index (Phi) is 7.37. The number of amides is 1. The lowest BCUT2D eigenvalue weighted by atomic mass is 9.90. The number of likely N-dealkylation sites (tertiary alicyclic amines) is 1. The maximum atomic E-state index is 12.8. The number of piperidine rings is 1. The molecule has 1 heterocycles. The molecule has 0 aromatic heterocycles. The van der Waals surface area contributed by atoms with Gasteiger partial charge in [0.1, 0.15) is 17.4 Å². The van der Waals surface area contributed by atoms with E-state index in [1.807, 2.05) is 25.1 Å². The molecule has 0 spiro atoms. The largest absolute Gasteiger partial charge is 0.495 e. The number of nitriles is 1. The molecule has 0 bridgehead atoms. The van der Waals surface area contributed by atoms with E-state index in [4.69, 9.17) is 16.3 Å². The zero-order valence-electron chi connectivity index (χ0n) is 17.3. The SMILES string of the molecule is COc1cc(Cl)c(C)cc1N/C=C(/C#N)C(=O)N1CCC(Cc2ccccc2)CC1. The summed E-state index contributed by atoms with van der Waals surface area (Å²) in [5, 5.41) is 13.1. The fourth-order valence-electron chi connectivity index (χ4n) is 3.69. The van der Waals surface area contributed by atoms with Crippen LogP contribution in [0.1, 0.15) is 24.0 Å². The molecule has 2 aromatic carbocycles. The predicted molar refractivity (Wildman–Crippen MR) is 120 cm³/mol. The van der Waals surface area contributed by atoms with Crippen LogP contribution in [0.25, 0.3) is 0 Å². The summed E-state index contributed by atoms with van der Waals surface area (Å²) < 4.78 is 5.33. The first-order valence-electron chi connectivity index (χ1n) is 10.1. The van der Waals surface area contributed by atoms with Crippen molar-refractivity contribution in [2.24, 2.45) is 5.92 Å². The number of benzene rings is 2. The average molecular weight is 424 g/mol. The first-order valence-corrected chi connectivity index (χ1v) is 10.4. The zero-order chi connectivity index (χ0) is 21.5. The van der Waals surface area contributed by atoms with Gasteiger partial charge in [-0.3, -0.25) is 4.79 Å². The average Bonchev–Trinajstić information content (AvgIpc) is 2.77. The highest BCUT2D eigenvalue weighted by atomic mass is 35.5. The van der Waals surface area contributed by atoms with Crippen LogP contribution >= 0.6 is 11.6 Å². The van der Waals surface area contributed by atoms with Crippen LogP contribution in [0.15, 0.2) is 54.2 Å². The van der Waals surface area contributed by atoms with Crippen LogP contribution in [-0.4, -0.2) is 31.0 Å². The first-order chi connectivity index (χ1) is 14.5. The van der Waals surface area contributed by atoms with Gasteiger partial charge in [-0.2, -0.15) is 5.26 Å². The van der Waals surface area contributed by atoms with Gasteiger partial charge in [-0.15, -0.1) is 0 Å². The molecule has 30 heavy (non-hydrogen) atoms. The summed E-state index contributed by atoms with van der Waals surface area (Å²) in [6.07, 6.45) is 4.36. The standard InChI is InChI=1S/C24H26ClN3O2/c1-17-12-22(23(30-2)14-21(17)25)27-16-20(15-26)24(29)28-10-8-19(9-11-28)13-18-6-4-3-5-7-18/h3-7,12,14,16,19,27H,8-11,13H2,1-2H3/b20-16-. The molecule has 5 nitrogen and oxygen atoms in total. The molecule has 3 rings (SSSR count). The Morgan fingerprint density at radius 2 is 2.00 bits per heavy atom. The Labute approximate surface area is 182 Å². The van der Waals surface area contributed by atoms with E-state index < -0.39 is 0 Å². The molecule has 0 saturated carbocycles. The van der Waals surface area contributed by atoms with E-state index in [9.17, 15) is 10.1 Å². The fraction of sp³-hybridized carbons (Fsp3) is 0.333. The molecule has 0 aliphatic carbocycles. The molecule has 1 aliphatic rings. The van der Waals surface area contributed by atoms with Crippen molar-refractivity contribution >= 4 is 23.2 Å². The van der Waals surface area contributed by atoms with Gasteiger partial charge in [-0.1, -0.05) is 41.9 Å². The summed E-state index contributed by atoms with van der Waals surface area (Å²) in [6, 6.07) is 16.0. The van der Waals surface area contributed by atoms with Gasteiger partial charge in [0.25, 0.3) is 5.91 Å². The van der Waals surface area contributed by atoms with E-state index in [0.717, 1.165) is 24.8 Å². The molecule has 1 aliphatic heterocycles. The van der Waals surface area contributed by atoms with Crippen LogP contribution in [0, 0.1) is 24.2 Å². The number of halogens is 1. The minimum Gasteiger partial charge on any atom is -0.495 e. The maximum absolute atomic E-state index is 12.8. The maximum Gasteiger partial charge on any atom is 0.266 e. The Morgan fingerprint density at radius 1 is 1.30 bits per heavy atom. The van der Waals surface area contributed by atoms with Gasteiger partial charge >= 0.3 is 0 Å². The van der Waals surface area contributed by atoms with Crippen LogP contribution < -0.4 is 10.1 Å². The molecule has 0 atom stereocenters. The molecule has 6 heteroatoms. The summed E-state index contributed by atoms with van der Waals surface area (Å²) in [7, 11) is 1.55. The number of carbonyl (C=O) groups is 1. The van der Waals surface area contributed by atoms with Gasteiger partial charge in [-0.05, 0) is 49.3 Å². The zero-order valence-corrected chi connectivity index (χ0v) is 18.1. The van der Waals surface area contributed by atoms with Crippen molar-refractivity contribution in [3.63, 3.8) is 0 Å². The molecule has 2 aromatic rings. The van der Waals surface area contributed by atoms with Gasteiger partial charge in [0, 0.05) is 30.4 Å². The lowest BCUT2D eigenvalue weighted by Crippen LogP contribution is -2.39. The van der Waals surface area contributed by atoms with Crippen LogP contribution in [-0.2, 0) is 11.2 Å². The number of nitrogens with one attached hydrogen (secondary N) is 1. The van der Waals surface area contributed by atoms with Crippen LogP contribution in [0.4, 0.5) is 5.69 Å². The molecule has 1 N–H and O–H groups in total. The molecular formula is C24H26ClN3O2. The number of carbonyl (C=O) groups excluding carboxylic acids is 1. The van der Waals surface area contributed by atoms with Crippen molar-refractivity contribution in [3.05, 3.63) is 70.4 Å². The number of hydrogen-bond donors (Lipinski definition) is 1. The Morgan fingerprint density at radius 3 is 2.63 bits per heavy atom. The summed E-state index contributed by atoms with van der Waals surface area (Å²) >= 11 is 6.13. The third kappa shape index (κ3) is 5.34. The molecule has 0 unspecified atom stereocenters. The van der Waals surface area contributed by atoms with Crippen molar-refractivity contribution in [1.82, 2.24) is 4.90 Å². The number of rotatable bonds is 6. The van der Waals surface area contributed by atoms with Crippen LogP contribution in [0.5, 0.6) is 5.75 Å². The van der Waals surface area contributed by atoms with E-state index in [0.29, 0.717) is 35.5 Å². The lowest BCUT2D eigenvalue weighted by Gasteiger charge is -2.32. The number of ether oxygens (including phenoxy) is 1. The second-order valence-electron chi connectivity index (χ2n) is 7.54. The minimum atomic E-state index is -0.243. The van der Waals surface area contributed by atoms with Crippen molar-refractivity contribution in [3.8, 4) is 11.8 Å². The highest BCUT2D eigenvalue weighted by molar-refractivity contribution is 6.31. The molecule has 1 fully saturated rings. The summed E-state index contributed by atoms with van der Waals surface area (Å²) in [6.45, 7) is 3.21. The lowest BCUT2D eigenvalue weighted by molar-refractivity contribution is -0.128. The molecule has 156 valence electrons. The van der Waals surface area contributed by atoms with Gasteiger partial charge in [-0.25, -0.2) is 0 Å². The monoisotopic (exact) mass is 423 g/mol. The number of nitrogens with zero attached hydrogens (tertiary/aromatic N) is 2. The minimum absolute atomic E-state index is 0.0752. The highest BCUT2D eigenvalue weighted by Gasteiger charge is 2.25. The van der Waals surface area contributed by atoms with Crippen LogP contribution in [0.2, 0.25) is 5.02 Å². The van der Waals surface area contributed by atoms with Gasteiger partial charge in [0.2, 0.25) is 0 Å². The second kappa shape index (κ2) is 10.2. The molecule has 0 radical (unpaired) electrons. The number of methoxy groups -OCH3 is 1. The second-order valence-corrected chi connectivity index (χ2v) is 7.95. The van der Waals surface area contributed by atoms with Crippen molar-refractivity contribution < 1.29 is 9.53 Å². The number of hydrogen-bond acceptors (Lipinski definition) is 4. The fourth-order valence-corrected chi connectivity index (χ4v) is 3.85.